The number of nitrogens with two attached hydrogens (primary N) is 1. The third-order valence-corrected chi connectivity index (χ3v) is 6.74. The maximum Gasteiger partial charge on any atom is 0.193 e. The van der Waals surface area contributed by atoms with Crippen LogP contribution in [0.3, 0.4) is 0 Å². The van der Waals surface area contributed by atoms with Gasteiger partial charge in [-0.05, 0) is 18.2 Å². The van der Waals surface area contributed by atoms with Gasteiger partial charge in [-0.2, -0.15) is 0 Å². The van der Waals surface area contributed by atoms with Gasteiger partial charge in [-0.25, -0.2) is 4.39 Å². The molecule has 0 saturated heterocycles. The first-order valence-electron chi connectivity index (χ1n) is 14.6. The Morgan fingerprint density at radius 3 is 1.78 bits per heavy atom. The third-order valence-electron chi connectivity index (χ3n) is 6.74. The minimum atomic E-state index is -0.840. The number of phenols is 1. The summed E-state index contributed by atoms with van der Waals surface area (Å²) in [7, 11) is 0. The van der Waals surface area contributed by atoms with Crippen molar-refractivity contribution >= 4 is 21.9 Å². The van der Waals surface area contributed by atoms with E-state index in [1.54, 1.807) is 30.3 Å². The molecular weight excluding hydrogens is 593 g/mol. The second-order valence-corrected chi connectivity index (χ2v) is 10.0. The van der Waals surface area contributed by atoms with E-state index in [1.165, 1.54) is 12.1 Å². The first-order chi connectivity index (χ1) is 22.4. The van der Waals surface area contributed by atoms with Gasteiger partial charge in [0.2, 0.25) is 0 Å². The molecule has 0 radical (unpaired) electrons. The largest absolute Gasteiger partial charge is 0.505 e. The Labute approximate surface area is 263 Å². The van der Waals surface area contributed by atoms with Gasteiger partial charge in [-0.15, -0.1) is 0 Å². The van der Waals surface area contributed by atoms with Crippen molar-refractivity contribution in [3.8, 4) is 34.1 Å². The monoisotopic (exact) mass is 625 g/mol. The van der Waals surface area contributed by atoms with Crippen molar-refractivity contribution in [2.75, 3.05) is 39.6 Å². The Morgan fingerprint density at radius 1 is 0.630 bits per heavy atom. The van der Waals surface area contributed by atoms with Crippen LogP contribution in [0.25, 0.3) is 44.6 Å². The van der Waals surface area contributed by atoms with Crippen molar-refractivity contribution in [1.29, 1.82) is 0 Å². The molecule has 3 N–H and O–H groups in total. The van der Waals surface area contributed by atoms with Crippen LogP contribution in [-0.2, 0) is 9.47 Å². The second-order valence-electron chi connectivity index (χ2n) is 10.0. The van der Waals surface area contributed by atoms with Crippen LogP contribution in [-0.4, -0.2) is 44.7 Å². The van der Waals surface area contributed by atoms with Crippen LogP contribution >= 0.6 is 0 Å². The average Bonchev–Trinajstić information content (AvgIpc) is 3.08. The fraction of sp³-hybridized carbons (Fsp3) is 0.167. The highest BCUT2D eigenvalue weighted by Gasteiger charge is 2.11. The molecule has 46 heavy (non-hydrogen) atoms. The van der Waals surface area contributed by atoms with Crippen molar-refractivity contribution in [1.82, 2.24) is 0 Å². The van der Waals surface area contributed by atoms with E-state index in [0.717, 1.165) is 23.3 Å². The van der Waals surface area contributed by atoms with E-state index < -0.39 is 11.6 Å². The standard InChI is InChI=1S/C21H23NO5.C15H9FO3/c22-8-9-24-10-11-25-12-13-26-17-6-7-18-19(23)15-20(27-21(18)14-17)16-4-2-1-3-5-16;16-11-6-10-12(17)7-14(9-4-2-1-3-5-9)19-15(10)8-13(11)18/h1-7,14-15H,8-13,22H2;1-8,18H. The molecule has 0 amide bonds. The Hall–Kier alpha value is -5.29. The summed E-state index contributed by atoms with van der Waals surface area (Å²) >= 11 is 0. The quantitative estimate of drug-likeness (QED) is 0.163. The van der Waals surface area contributed by atoms with Gasteiger partial charge in [0.1, 0.15) is 35.0 Å². The predicted molar refractivity (Wildman–Crippen MR) is 174 cm³/mol. The molecule has 0 aliphatic carbocycles. The highest BCUT2D eigenvalue weighted by atomic mass is 19.1. The zero-order chi connectivity index (χ0) is 32.3. The fourth-order valence-corrected chi connectivity index (χ4v) is 4.50. The second kappa shape index (κ2) is 15.6. The minimum absolute atomic E-state index is 0.0811. The first kappa shape index (κ1) is 32.1. The van der Waals surface area contributed by atoms with Crippen LogP contribution in [0.2, 0.25) is 0 Å². The lowest BCUT2D eigenvalue weighted by molar-refractivity contribution is 0.0388. The van der Waals surface area contributed by atoms with Crippen LogP contribution < -0.4 is 21.3 Å². The Balaban J connectivity index is 0.000000192. The molecule has 0 atom stereocenters. The van der Waals surface area contributed by atoms with E-state index in [1.807, 2.05) is 48.5 Å². The lowest BCUT2D eigenvalue weighted by Gasteiger charge is -2.09. The molecule has 236 valence electrons. The summed E-state index contributed by atoms with van der Waals surface area (Å²) in [5.74, 6) is 0.155. The molecular formula is C36H32FNO8. The van der Waals surface area contributed by atoms with E-state index in [9.17, 15) is 19.1 Å². The Kier molecular flexibility index (Phi) is 10.9. The smallest absolute Gasteiger partial charge is 0.193 e. The normalized spacial score (nSPS) is 10.9. The Morgan fingerprint density at radius 2 is 1.17 bits per heavy atom. The van der Waals surface area contributed by atoms with Crippen molar-refractivity contribution in [2.45, 2.75) is 0 Å². The highest BCUT2D eigenvalue weighted by molar-refractivity contribution is 5.81. The molecule has 10 heteroatoms. The van der Waals surface area contributed by atoms with Gasteiger partial charge in [-0.1, -0.05) is 60.7 Å². The summed E-state index contributed by atoms with van der Waals surface area (Å²) in [6.07, 6.45) is 0. The first-order valence-corrected chi connectivity index (χ1v) is 14.6. The average molecular weight is 626 g/mol. The number of phenolic OH excluding ortho intramolecular Hbond substituents is 1. The molecule has 2 aromatic heterocycles. The maximum absolute atomic E-state index is 13.2. The van der Waals surface area contributed by atoms with Gasteiger partial charge in [0.15, 0.2) is 22.4 Å². The molecule has 0 unspecified atom stereocenters. The topological polar surface area (TPSA) is 134 Å². The molecule has 6 rings (SSSR count). The number of hydrogen-bond acceptors (Lipinski definition) is 9. The van der Waals surface area contributed by atoms with Gasteiger partial charge in [0, 0.05) is 41.9 Å². The number of aromatic hydroxyl groups is 1. The zero-order valence-corrected chi connectivity index (χ0v) is 24.8. The van der Waals surface area contributed by atoms with Gasteiger partial charge in [-0.3, -0.25) is 9.59 Å². The van der Waals surface area contributed by atoms with Crippen molar-refractivity contribution in [3.05, 3.63) is 129 Å². The molecule has 9 nitrogen and oxygen atoms in total. The van der Waals surface area contributed by atoms with Gasteiger partial charge < -0.3 is 33.9 Å². The number of ether oxygens (including phenoxy) is 3. The molecule has 0 aliphatic heterocycles. The number of halogens is 1. The van der Waals surface area contributed by atoms with Crippen molar-refractivity contribution < 1.29 is 32.5 Å². The molecule has 6 aromatic rings. The highest BCUT2D eigenvalue weighted by Crippen LogP contribution is 2.27. The summed E-state index contributed by atoms with van der Waals surface area (Å²) in [5.41, 5.74) is 7.15. The summed E-state index contributed by atoms with van der Waals surface area (Å²) in [5, 5.41) is 9.96. The van der Waals surface area contributed by atoms with Crippen LogP contribution in [0.15, 0.2) is 122 Å². The van der Waals surface area contributed by atoms with Crippen LogP contribution in [0.4, 0.5) is 4.39 Å². The Bertz CT molecular complexity index is 2010. The third kappa shape index (κ3) is 8.24. The predicted octanol–water partition coefficient (Wildman–Crippen LogP) is 6.14. The van der Waals surface area contributed by atoms with Crippen molar-refractivity contribution in [2.24, 2.45) is 5.73 Å². The minimum Gasteiger partial charge on any atom is -0.505 e. The molecule has 0 aliphatic rings. The van der Waals surface area contributed by atoms with Gasteiger partial charge in [0.05, 0.1) is 37.2 Å². The fourth-order valence-electron chi connectivity index (χ4n) is 4.50. The molecule has 0 bridgehead atoms. The molecule has 0 saturated carbocycles. The molecule has 4 aromatic carbocycles. The van der Waals surface area contributed by atoms with E-state index in [-0.39, 0.29) is 21.8 Å². The van der Waals surface area contributed by atoms with E-state index in [4.69, 9.17) is 28.8 Å². The number of benzene rings is 4. The number of fused-ring (bicyclic) bond motifs is 2. The van der Waals surface area contributed by atoms with Crippen LogP contribution in [0, 0.1) is 5.82 Å². The molecule has 0 spiro atoms. The molecule has 0 fully saturated rings. The maximum atomic E-state index is 13.2. The molecule has 2 heterocycles. The number of hydrogen-bond donors (Lipinski definition) is 2. The summed E-state index contributed by atoms with van der Waals surface area (Å²) in [4.78, 5) is 24.3. The summed E-state index contributed by atoms with van der Waals surface area (Å²) in [6.45, 7) is 2.89. The summed E-state index contributed by atoms with van der Waals surface area (Å²) < 4.78 is 41.0. The SMILES string of the molecule is NCCOCCOCCOc1ccc2c(=O)cc(-c3ccccc3)oc2c1.O=c1cc(-c2ccccc2)oc2cc(O)c(F)cc12. The van der Waals surface area contributed by atoms with Gasteiger partial charge in [0.25, 0.3) is 0 Å². The van der Waals surface area contributed by atoms with E-state index >= 15 is 0 Å². The van der Waals surface area contributed by atoms with Crippen LogP contribution in [0.5, 0.6) is 11.5 Å². The lowest BCUT2D eigenvalue weighted by atomic mass is 10.1. The van der Waals surface area contributed by atoms with Gasteiger partial charge >= 0.3 is 0 Å². The van der Waals surface area contributed by atoms with E-state index in [2.05, 4.69) is 0 Å². The lowest BCUT2D eigenvalue weighted by Crippen LogP contribution is -2.14. The summed E-state index contributed by atoms with van der Waals surface area (Å²) in [6, 6.07) is 28.7. The van der Waals surface area contributed by atoms with Crippen LogP contribution in [0.1, 0.15) is 0 Å². The van der Waals surface area contributed by atoms with Crippen molar-refractivity contribution in [3.63, 3.8) is 0 Å². The zero-order valence-electron chi connectivity index (χ0n) is 24.8. The number of rotatable bonds is 11. The van der Waals surface area contributed by atoms with E-state index in [0.29, 0.717) is 67.8 Å².